The zero-order chi connectivity index (χ0) is 12.1. The molecule has 2 unspecified atom stereocenters. The van der Waals surface area contributed by atoms with Crippen molar-refractivity contribution in [1.82, 2.24) is 0 Å². The third-order valence-corrected chi connectivity index (χ3v) is 3.67. The number of Topliss-reactive ketones (excluding diaryl/α,β-unsaturated/α-hetero) is 1. The summed E-state index contributed by atoms with van der Waals surface area (Å²) in [5.41, 5.74) is 0.814. The van der Waals surface area contributed by atoms with E-state index in [4.69, 9.17) is 6.42 Å². The molecule has 0 spiro atoms. The molecule has 0 heterocycles. The van der Waals surface area contributed by atoms with Crippen LogP contribution in [0.1, 0.15) is 42.5 Å². The Morgan fingerprint density at radius 1 is 1.24 bits per heavy atom. The number of benzene rings is 1. The van der Waals surface area contributed by atoms with E-state index in [-0.39, 0.29) is 5.78 Å². The molecule has 1 aromatic carbocycles. The van der Waals surface area contributed by atoms with Gasteiger partial charge in [-0.15, -0.1) is 12.3 Å². The molecule has 1 aromatic rings. The van der Waals surface area contributed by atoms with Gasteiger partial charge >= 0.3 is 0 Å². The minimum absolute atomic E-state index is 0.234. The summed E-state index contributed by atoms with van der Waals surface area (Å²) in [6.45, 7) is 0. The first-order valence-electron chi connectivity index (χ1n) is 6.35. The van der Waals surface area contributed by atoms with Gasteiger partial charge in [-0.2, -0.15) is 0 Å². The van der Waals surface area contributed by atoms with Crippen LogP contribution < -0.4 is 0 Å². The van der Waals surface area contributed by atoms with E-state index < -0.39 is 0 Å². The van der Waals surface area contributed by atoms with E-state index in [9.17, 15) is 4.79 Å². The predicted molar refractivity (Wildman–Crippen MR) is 69.7 cm³/mol. The number of ketones is 1. The highest BCUT2D eigenvalue weighted by Crippen LogP contribution is 2.32. The smallest absolute Gasteiger partial charge is 0.163 e. The molecule has 2 rings (SSSR count). The molecular formula is C16H18O. The Morgan fingerprint density at radius 3 is 2.65 bits per heavy atom. The topological polar surface area (TPSA) is 17.1 Å². The summed E-state index contributed by atoms with van der Waals surface area (Å²) in [4.78, 5) is 12.1. The number of hydrogen-bond donors (Lipinski definition) is 0. The van der Waals surface area contributed by atoms with Crippen molar-refractivity contribution in [1.29, 1.82) is 0 Å². The van der Waals surface area contributed by atoms with E-state index in [0.29, 0.717) is 18.3 Å². The number of hydrogen-bond acceptors (Lipinski definition) is 1. The minimum Gasteiger partial charge on any atom is -0.294 e. The maximum Gasteiger partial charge on any atom is 0.163 e. The number of carbonyl (C=O) groups is 1. The minimum atomic E-state index is 0.234. The zero-order valence-electron chi connectivity index (χ0n) is 10.1. The highest BCUT2D eigenvalue weighted by Gasteiger charge is 2.25. The fraction of sp³-hybridized carbons (Fsp3) is 0.438. The highest BCUT2D eigenvalue weighted by molar-refractivity contribution is 5.96. The summed E-state index contributed by atoms with van der Waals surface area (Å²) in [6, 6.07) is 9.52. The highest BCUT2D eigenvalue weighted by atomic mass is 16.1. The fourth-order valence-electron chi connectivity index (χ4n) is 2.65. The molecule has 0 amide bonds. The summed E-state index contributed by atoms with van der Waals surface area (Å²) < 4.78 is 0. The van der Waals surface area contributed by atoms with E-state index >= 15 is 0 Å². The lowest BCUT2D eigenvalue weighted by Crippen LogP contribution is -2.21. The van der Waals surface area contributed by atoms with E-state index in [1.165, 1.54) is 12.8 Å². The second-order valence-corrected chi connectivity index (χ2v) is 4.81. The van der Waals surface area contributed by atoms with Crippen molar-refractivity contribution in [2.45, 2.75) is 32.1 Å². The van der Waals surface area contributed by atoms with Gasteiger partial charge in [0.1, 0.15) is 0 Å². The average molecular weight is 226 g/mol. The monoisotopic (exact) mass is 226 g/mol. The standard InChI is InChI=1S/C16H18O/c1-2-13-8-6-7-11-15(13)12-16(17)14-9-4-3-5-10-14/h1,3-5,9-10,13,15H,6-8,11-12H2. The van der Waals surface area contributed by atoms with E-state index in [1.807, 2.05) is 30.3 Å². The molecule has 1 aliphatic carbocycles. The van der Waals surface area contributed by atoms with Gasteiger partial charge in [0.15, 0.2) is 5.78 Å². The molecule has 1 saturated carbocycles. The first kappa shape index (κ1) is 11.9. The Hall–Kier alpha value is -1.55. The Morgan fingerprint density at radius 2 is 1.94 bits per heavy atom. The van der Waals surface area contributed by atoms with Crippen LogP contribution in [0.2, 0.25) is 0 Å². The van der Waals surface area contributed by atoms with Crippen LogP contribution in [0.15, 0.2) is 30.3 Å². The molecule has 0 radical (unpaired) electrons. The Bertz CT molecular complexity index is 413. The molecule has 1 heteroatoms. The van der Waals surface area contributed by atoms with Crippen molar-refractivity contribution >= 4 is 5.78 Å². The number of carbonyl (C=O) groups excluding carboxylic acids is 1. The molecule has 88 valence electrons. The molecule has 0 N–H and O–H groups in total. The summed E-state index contributed by atoms with van der Waals surface area (Å²) in [5.74, 6) is 3.79. The van der Waals surface area contributed by atoms with Crippen LogP contribution in [0.5, 0.6) is 0 Å². The molecule has 0 aliphatic heterocycles. The lowest BCUT2D eigenvalue weighted by molar-refractivity contribution is 0.0937. The van der Waals surface area contributed by atoms with Crippen molar-refractivity contribution in [3.05, 3.63) is 35.9 Å². The van der Waals surface area contributed by atoms with Crippen molar-refractivity contribution in [2.24, 2.45) is 11.8 Å². The van der Waals surface area contributed by atoms with Gasteiger partial charge in [-0.05, 0) is 18.8 Å². The van der Waals surface area contributed by atoms with Gasteiger partial charge < -0.3 is 0 Å². The lowest BCUT2D eigenvalue weighted by Gasteiger charge is -2.27. The van der Waals surface area contributed by atoms with Crippen LogP contribution >= 0.6 is 0 Å². The molecule has 0 aromatic heterocycles. The van der Waals surface area contributed by atoms with E-state index in [2.05, 4.69) is 5.92 Å². The van der Waals surface area contributed by atoms with Gasteiger partial charge in [-0.25, -0.2) is 0 Å². The van der Waals surface area contributed by atoms with Gasteiger partial charge in [0.2, 0.25) is 0 Å². The normalized spacial score (nSPS) is 23.9. The first-order valence-corrected chi connectivity index (χ1v) is 6.35. The average Bonchev–Trinajstić information content (AvgIpc) is 2.40. The van der Waals surface area contributed by atoms with Gasteiger partial charge in [0.05, 0.1) is 0 Å². The second-order valence-electron chi connectivity index (χ2n) is 4.81. The number of rotatable bonds is 3. The van der Waals surface area contributed by atoms with Crippen LogP contribution in [0.25, 0.3) is 0 Å². The van der Waals surface area contributed by atoms with E-state index in [0.717, 1.165) is 18.4 Å². The summed E-state index contributed by atoms with van der Waals surface area (Å²) in [5, 5.41) is 0. The lowest BCUT2D eigenvalue weighted by atomic mass is 9.76. The van der Waals surface area contributed by atoms with Crippen LogP contribution in [-0.2, 0) is 0 Å². The molecular weight excluding hydrogens is 208 g/mol. The molecule has 0 saturated heterocycles. The Labute approximate surface area is 103 Å². The maximum absolute atomic E-state index is 12.1. The molecule has 1 fully saturated rings. The second kappa shape index (κ2) is 5.68. The fourth-order valence-corrected chi connectivity index (χ4v) is 2.65. The van der Waals surface area contributed by atoms with Crippen LogP contribution in [0.4, 0.5) is 0 Å². The van der Waals surface area contributed by atoms with Gasteiger partial charge in [0, 0.05) is 17.9 Å². The quantitative estimate of drug-likeness (QED) is 0.567. The third-order valence-electron chi connectivity index (χ3n) is 3.67. The predicted octanol–water partition coefficient (Wildman–Crippen LogP) is 3.70. The maximum atomic E-state index is 12.1. The third kappa shape index (κ3) is 2.97. The van der Waals surface area contributed by atoms with Crippen molar-refractivity contribution < 1.29 is 4.79 Å². The Kier molecular flexibility index (Phi) is 3.98. The summed E-state index contributed by atoms with van der Waals surface area (Å²) in [6.07, 6.45) is 10.8. The molecule has 2 atom stereocenters. The van der Waals surface area contributed by atoms with Gasteiger partial charge in [-0.1, -0.05) is 43.2 Å². The van der Waals surface area contributed by atoms with Crippen LogP contribution in [0, 0.1) is 24.2 Å². The molecule has 0 bridgehead atoms. The number of terminal acetylenes is 1. The largest absolute Gasteiger partial charge is 0.294 e. The van der Waals surface area contributed by atoms with Gasteiger partial charge in [0.25, 0.3) is 0 Å². The Balaban J connectivity index is 2.01. The first-order chi connectivity index (χ1) is 8.31. The summed E-state index contributed by atoms with van der Waals surface area (Å²) in [7, 11) is 0. The van der Waals surface area contributed by atoms with Crippen molar-refractivity contribution in [2.75, 3.05) is 0 Å². The summed E-state index contributed by atoms with van der Waals surface area (Å²) >= 11 is 0. The van der Waals surface area contributed by atoms with Crippen molar-refractivity contribution in [3.63, 3.8) is 0 Å². The van der Waals surface area contributed by atoms with Gasteiger partial charge in [-0.3, -0.25) is 4.79 Å². The van der Waals surface area contributed by atoms with Crippen LogP contribution in [-0.4, -0.2) is 5.78 Å². The van der Waals surface area contributed by atoms with Crippen molar-refractivity contribution in [3.8, 4) is 12.3 Å². The molecule has 17 heavy (non-hydrogen) atoms. The molecule has 1 nitrogen and oxygen atoms in total. The van der Waals surface area contributed by atoms with E-state index in [1.54, 1.807) is 0 Å². The van der Waals surface area contributed by atoms with Crippen LogP contribution in [0.3, 0.4) is 0 Å². The zero-order valence-corrected chi connectivity index (χ0v) is 10.1. The SMILES string of the molecule is C#CC1CCCCC1CC(=O)c1ccccc1. The molecule has 1 aliphatic rings.